The fourth-order valence-electron chi connectivity index (χ4n) is 2.64. The summed E-state index contributed by atoms with van der Waals surface area (Å²) in [6.45, 7) is 1.15. The van der Waals surface area contributed by atoms with Crippen molar-refractivity contribution in [2.75, 3.05) is 5.32 Å². The van der Waals surface area contributed by atoms with E-state index in [1.54, 1.807) is 0 Å². The number of nitrogens with zero attached hydrogens (tertiary/aromatic N) is 2. The molecule has 12 heteroatoms. The lowest BCUT2D eigenvalue weighted by atomic mass is 10.1. The molecule has 0 aromatic heterocycles. The van der Waals surface area contributed by atoms with Crippen LogP contribution in [-0.4, -0.2) is 30.7 Å². The van der Waals surface area contributed by atoms with E-state index in [0.29, 0.717) is 5.56 Å². The number of ether oxygens (including phenoxy) is 1. The van der Waals surface area contributed by atoms with Gasteiger partial charge < -0.3 is 10.1 Å². The van der Waals surface area contributed by atoms with E-state index in [2.05, 4.69) is 14.5 Å². The van der Waals surface area contributed by atoms with Crippen LogP contribution in [0.5, 0.6) is 5.75 Å². The molecule has 2 aromatic rings. The van der Waals surface area contributed by atoms with Gasteiger partial charge in [0.2, 0.25) is 0 Å². The van der Waals surface area contributed by atoms with Crippen molar-refractivity contribution in [3.8, 4) is 5.75 Å². The summed E-state index contributed by atoms with van der Waals surface area (Å²) in [6.07, 6.45) is -3.75. The second-order valence-electron chi connectivity index (χ2n) is 6.40. The minimum Gasteiger partial charge on any atom is -0.406 e. The lowest BCUT2D eigenvalue weighted by Gasteiger charge is -2.23. The Labute approximate surface area is 174 Å². The summed E-state index contributed by atoms with van der Waals surface area (Å²) >= 11 is 0. The van der Waals surface area contributed by atoms with Crippen molar-refractivity contribution in [1.29, 1.82) is 0 Å². The standard InChI is InChI=1S/C19H15F4N3O4S/c1-12-17(18(27)24-15-6-8-16(9-7-15)30-19(21,22)23)11-26(31(28,29)25-12)10-13-2-4-14(20)5-3-13/h2-9,11H,10H2,1H3,(H,24,27). The number of halogens is 4. The van der Waals surface area contributed by atoms with Gasteiger partial charge in [-0.15, -0.1) is 17.6 Å². The maximum absolute atomic E-state index is 13.1. The zero-order chi connectivity index (χ0) is 22.8. The normalized spacial score (nSPS) is 15.7. The zero-order valence-corrected chi connectivity index (χ0v) is 16.7. The van der Waals surface area contributed by atoms with E-state index in [1.165, 1.54) is 43.3 Å². The maximum Gasteiger partial charge on any atom is 0.573 e. The molecule has 31 heavy (non-hydrogen) atoms. The highest BCUT2D eigenvalue weighted by Crippen LogP contribution is 2.25. The average Bonchev–Trinajstić information content (AvgIpc) is 2.65. The van der Waals surface area contributed by atoms with Gasteiger partial charge >= 0.3 is 16.6 Å². The molecule has 0 radical (unpaired) electrons. The number of anilines is 1. The first-order valence-electron chi connectivity index (χ1n) is 8.65. The first kappa shape index (κ1) is 22.3. The summed E-state index contributed by atoms with van der Waals surface area (Å²) in [7, 11) is -4.10. The average molecular weight is 457 g/mol. The highest BCUT2D eigenvalue weighted by atomic mass is 32.2. The van der Waals surface area contributed by atoms with Gasteiger partial charge in [-0.05, 0) is 48.9 Å². The van der Waals surface area contributed by atoms with Gasteiger partial charge in [-0.1, -0.05) is 12.1 Å². The minimum atomic E-state index is -4.84. The number of nitrogens with one attached hydrogen (secondary N) is 1. The Bertz CT molecular complexity index is 1140. The summed E-state index contributed by atoms with van der Waals surface area (Å²) in [6, 6.07) is 9.56. The van der Waals surface area contributed by atoms with Crippen LogP contribution >= 0.6 is 0 Å². The maximum atomic E-state index is 13.1. The predicted molar refractivity (Wildman–Crippen MR) is 104 cm³/mol. The molecule has 0 fully saturated rings. The van der Waals surface area contributed by atoms with Crippen LogP contribution < -0.4 is 10.1 Å². The van der Waals surface area contributed by atoms with Crippen molar-refractivity contribution in [2.45, 2.75) is 19.8 Å². The molecule has 7 nitrogen and oxygen atoms in total. The van der Waals surface area contributed by atoms with Crippen LogP contribution in [0.4, 0.5) is 23.2 Å². The van der Waals surface area contributed by atoms with E-state index in [-0.39, 0.29) is 23.5 Å². The van der Waals surface area contributed by atoms with Gasteiger partial charge in [0.25, 0.3) is 5.91 Å². The number of carbonyl (C=O) groups is 1. The van der Waals surface area contributed by atoms with Crippen molar-refractivity contribution in [3.05, 3.63) is 71.7 Å². The molecule has 2 aromatic carbocycles. The number of hydrogen-bond donors (Lipinski definition) is 1. The van der Waals surface area contributed by atoms with Crippen molar-refractivity contribution >= 4 is 27.5 Å². The molecule has 0 atom stereocenters. The van der Waals surface area contributed by atoms with E-state index in [1.807, 2.05) is 0 Å². The van der Waals surface area contributed by atoms with Crippen molar-refractivity contribution in [1.82, 2.24) is 4.31 Å². The van der Waals surface area contributed by atoms with Crippen LogP contribution in [0, 0.1) is 5.82 Å². The summed E-state index contributed by atoms with van der Waals surface area (Å²) in [5, 5.41) is 2.46. The first-order valence-corrected chi connectivity index (χ1v) is 10.0. The summed E-state index contributed by atoms with van der Waals surface area (Å²) in [5.41, 5.74) is 0.500. The van der Waals surface area contributed by atoms with E-state index in [0.717, 1.165) is 22.6 Å². The second kappa shape index (κ2) is 8.38. The predicted octanol–water partition coefficient (Wildman–Crippen LogP) is 3.77. The molecule has 0 spiro atoms. The number of alkyl halides is 3. The molecule has 1 amide bonds. The molecule has 0 unspecified atom stereocenters. The lowest BCUT2D eigenvalue weighted by Crippen LogP contribution is -2.32. The van der Waals surface area contributed by atoms with Gasteiger partial charge in [-0.25, -0.2) is 4.39 Å². The Kier molecular flexibility index (Phi) is 6.02. The zero-order valence-electron chi connectivity index (χ0n) is 15.9. The molecular weight excluding hydrogens is 442 g/mol. The third kappa shape index (κ3) is 5.81. The number of hydrogen-bond acceptors (Lipinski definition) is 4. The topological polar surface area (TPSA) is 88.1 Å². The van der Waals surface area contributed by atoms with Gasteiger partial charge in [0.15, 0.2) is 0 Å². The van der Waals surface area contributed by atoms with E-state index >= 15 is 0 Å². The van der Waals surface area contributed by atoms with E-state index in [9.17, 15) is 30.8 Å². The number of rotatable bonds is 5. The van der Waals surface area contributed by atoms with Crippen molar-refractivity contribution in [3.63, 3.8) is 0 Å². The Morgan fingerprint density at radius 2 is 1.71 bits per heavy atom. The van der Waals surface area contributed by atoms with Gasteiger partial charge in [-0.3, -0.25) is 9.10 Å². The van der Waals surface area contributed by atoms with Crippen LogP contribution in [-0.2, 0) is 21.5 Å². The lowest BCUT2D eigenvalue weighted by molar-refractivity contribution is -0.274. The van der Waals surface area contributed by atoms with Crippen LogP contribution in [0.1, 0.15) is 12.5 Å². The van der Waals surface area contributed by atoms with Crippen molar-refractivity contribution < 1.29 is 35.5 Å². The highest BCUT2D eigenvalue weighted by molar-refractivity contribution is 7.88. The highest BCUT2D eigenvalue weighted by Gasteiger charge is 2.31. The first-order chi connectivity index (χ1) is 14.4. The van der Waals surface area contributed by atoms with Crippen LogP contribution in [0.2, 0.25) is 0 Å². The Morgan fingerprint density at radius 1 is 1.10 bits per heavy atom. The molecule has 0 bridgehead atoms. The fraction of sp³-hybridized carbons (Fsp3) is 0.158. The molecule has 3 rings (SSSR count). The van der Waals surface area contributed by atoms with Crippen LogP contribution in [0.3, 0.4) is 0 Å². The van der Waals surface area contributed by atoms with Gasteiger partial charge in [0, 0.05) is 11.9 Å². The Hall–Kier alpha value is -3.41. The smallest absolute Gasteiger partial charge is 0.406 e. The molecule has 0 saturated heterocycles. The summed E-state index contributed by atoms with van der Waals surface area (Å²) in [4.78, 5) is 12.6. The third-order valence-corrected chi connectivity index (χ3v) is 5.39. The molecule has 1 aliphatic rings. The van der Waals surface area contributed by atoms with Crippen molar-refractivity contribution in [2.24, 2.45) is 4.40 Å². The molecule has 1 aliphatic heterocycles. The van der Waals surface area contributed by atoms with Gasteiger partial charge in [-0.2, -0.15) is 8.42 Å². The molecule has 0 aliphatic carbocycles. The third-order valence-electron chi connectivity index (χ3n) is 4.05. The number of amides is 1. The van der Waals surface area contributed by atoms with E-state index < -0.39 is 34.0 Å². The van der Waals surface area contributed by atoms with Gasteiger partial charge in [0.1, 0.15) is 11.6 Å². The minimum absolute atomic E-state index is 0.0624. The summed E-state index contributed by atoms with van der Waals surface area (Å²) < 4.78 is 82.6. The van der Waals surface area contributed by atoms with E-state index in [4.69, 9.17) is 0 Å². The molecule has 1 N–H and O–H groups in total. The molecule has 1 heterocycles. The molecule has 0 saturated carbocycles. The fourth-order valence-corrected chi connectivity index (χ4v) is 3.74. The van der Waals surface area contributed by atoms with Gasteiger partial charge in [0.05, 0.1) is 17.8 Å². The molecular formula is C19H15F4N3O4S. The molecule has 164 valence electrons. The monoisotopic (exact) mass is 457 g/mol. The Balaban J connectivity index is 1.78. The SMILES string of the molecule is CC1=NS(=O)(=O)N(Cc2ccc(F)cc2)C=C1C(=O)Nc1ccc(OC(F)(F)F)cc1. The summed E-state index contributed by atoms with van der Waals surface area (Å²) in [5.74, 6) is -1.66. The number of carbonyl (C=O) groups excluding carboxylic acids is 1. The van der Waals surface area contributed by atoms with Crippen LogP contribution in [0.25, 0.3) is 0 Å². The quantitative estimate of drug-likeness (QED) is 0.693. The second-order valence-corrected chi connectivity index (χ2v) is 7.94. The Morgan fingerprint density at radius 3 is 2.29 bits per heavy atom. The number of benzene rings is 2. The largest absolute Gasteiger partial charge is 0.573 e. The van der Waals surface area contributed by atoms with Crippen LogP contribution in [0.15, 0.2) is 64.7 Å².